The summed E-state index contributed by atoms with van der Waals surface area (Å²) in [5, 5.41) is 0. The molecule has 0 fully saturated rings. The van der Waals surface area contributed by atoms with E-state index in [1.54, 1.807) is 25.3 Å². The summed E-state index contributed by atoms with van der Waals surface area (Å²) in [5.41, 5.74) is 4.25. The monoisotopic (exact) mass is 344 g/mol. The van der Waals surface area contributed by atoms with Crippen molar-refractivity contribution >= 4 is 12.0 Å². The lowest BCUT2D eigenvalue weighted by atomic mass is 10.0. The second kappa shape index (κ2) is 8.17. The Bertz CT molecular complexity index is 907. The van der Waals surface area contributed by atoms with Crippen molar-refractivity contribution in [1.29, 1.82) is 0 Å². The molecule has 0 spiro atoms. The van der Waals surface area contributed by atoms with Crippen LogP contribution in [0.25, 0.3) is 17.2 Å². The molecule has 0 bridgehead atoms. The van der Waals surface area contributed by atoms with Gasteiger partial charge >= 0.3 is 5.97 Å². The van der Waals surface area contributed by atoms with Crippen LogP contribution in [0.3, 0.4) is 0 Å². The van der Waals surface area contributed by atoms with Gasteiger partial charge in [-0.1, -0.05) is 60.2 Å². The van der Waals surface area contributed by atoms with Crippen molar-refractivity contribution in [2.24, 2.45) is 0 Å². The predicted molar refractivity (Wildman–Crippen MR) is 104 cm³/mol. The highest BCUT2D eigenvalue weighted by molar-refractivity contribution is 5.89. The number of hydrogen-bond acceptors (Lipinski definition) is 3. The minimum absolute atomic E-state index is 0.431. The molecule has 26 heavy (non-hydrogen) atoms. The SMILES string of the molecule is COc1ccccc1/C=C/C(=O)Oc1ccc(-c2ccc(C)cc2)cc1. The van der Waals surface area contributed by atoms with E-state index < -0.39 is 5.97 Å². The van der Waals surface area contributed by atoms with Crippen LogP contribution in [-0.2, 0) is 4.79 Å². The minimum Gasteiger partial charge on any atom is -0.496 e. The Morgan fingerprint density at radius 3 is 2.12 bits per heavy atom. The van der Waals surface area contributed by atoms with Crippen molar-refractivity contribution in [2.45, 2.75) is 6.92 Å². The summed E-state index contributed by atoms with van der Waals surface area (Å²) in [4.78, 5) is 12.0. The number of ether oxygens (including phenoxy) is 2. The van der Waals surface area contributed by atoms with E-state index in [0.29, 0.717) is 11.5 Å². The van der Waals surface area contributed by atoms with Gasteiger partial charge in [0.05, 0.1) is 7.11 Å². The quantitative estimate of drug-likeness (QED) is 0.358. The second-order valence-corrected chi connectivity index (χ2v) is 5.89. The molecule has 0 aromatic heterocycles. The maximum atomic E-state index is 12.0. The molecule has 3 rings (SSSR count). The summed E-state index contributed by atoms with van der Waals surface area (Å²) in [6.07, 6.45) is 3.08. The fourth-order valence-electron chi connectivity index (χ4n) is 2.57. The van der Waals surface area contributed by atoms with E-state index in [9.17, 15) is 4.79 Å². The maximum absolute atomic E-state index is 12.0. The van der Waals surface area contributed by atoms with Crippen LogP contribution >= 0.6 is 0 Å². The first-order valence-corrected chi connectivity index (χ1v) is 8.36. The number of carbonyl (C=O) groups is 1. The number of carbonyl (C=O) groups excluding carboxylic acids is 1. The molecule has 0 amide bonds. The molecule has 3 aromatic carbocycles. The fourth-order valence-corrected chi connectivity index (χ4v) is 2.57. The number of aryl methyl sites for hydroxylation is 1. The van der Waals surface area contributed by atoms with Gasteiger partial charge in [-0.15, -0.1) is 0 Å². The van der Waals surface area contributed by atoms with E-state index >= 15 is 0 Å². The van der Waals surface area contributed by atoms with E-state index in [2.05, 4.69) is 31.2 Å². The molecule has 0 unspecified atom stereocenters. The molecular formula is C23H20O3. The molecule has 0 saturated heterocycles. The molecular weight excluding hydrogens is 324 g/mol. The van der Waals surface area contributed by atoms with Gasteiger partial charge in [-0.25, -0.2) is 4.79 Å². The van der Waals surface area contributed by atoms with Gasteiger partial charge in [-0.2, -0.15) is 0 Å². The highest BCUT2D eigenvalue weighted by Gasteiger charge is 2.03. The standard InChI is InChI=1S/C23H20O3/c1-17-7-9-18(10-8-17)19-11-14-21(15-12-19)26-23(24)16-13-20-5-3-4-6-22(20)25-2/h3-16H,1-2H3/b16-13+. The average Bonchev–Trinajstić information content (AvgIpc) is 2.68. The van der Waals surface area contributed by atoms with Crippen LogP contribution < -0.4 is 9.47 Å². The summed E-state index contributed by atoms with van der Waals surface area (Å²) in [6, 6.07) is 23.3. The zero-order valence-electron chi connectivity index (χ0n) is 14.8. The molecule has 0 N–H and O–H groups in total. The Balaban J connectivity index is 1.66. The Hall–Kier alpha value is -3.33. The van der Waals surface area contributed by atoms with Crippen LogP contribution in [0.5, 0.6) is 11.5 Å². The highest BCUT2D eigenvalue weighted by Crippen LogP contribution is 2.23. The molecule has 0 radical (unpaired) electrons. The number of hydrogen-bond donors (Lipinski definition) is 0. The van der Waals surface area contributed by atoms with Gasteiger partial charge in [0.15, 0.2) is 0 Å². The highest BCUT2D eigenvalue weighted by atomic mass is 16.5. The summed E-state index contributed by atoms with van der Waals surface area (Å²) in [5.74, 6) is 0.786. The van der Waals surface area contributed by atoms with Gasteiger partial charge < -0.3 is 9.47 Å². The Morgan fingerprint density at radius 2 is 1.46 bits per heavy atom. The van der Waals surface area contributed by atoms with Crippen molar-refractivity contribution in [3.05, 3.63) is 90.0 Å². The van der Waals surface area contributed by atoms with Crippen molar-refractivity contribution < 1.29 is 14.3 Å². The van der Waals surface area contributed by atoms with E-state index in [4.69, 9.17) is 9.47 Å². The van der Waals surface area contributed by atoms with Gasteiger partial charge in [0.1, 0.15) is 11.5 Å². The summed E-state index contributed by atoms with van der Waals surface area (Å²) < 4.78 is 10.6. The lowest BCUT2D eigenvalue weighted by Crippen LogP contribution is -2.03. The number of benzene rings is 3. The Labute approximate surface area is 153 Å². The third-order valence-corrected chi connectivity index (χ3v) is 4.00. The Kier molecular flexibility index (Phi) is 5.49. The summed E-state index contributed by atoms with van der Waals surface area (Å²) in [7, 11) is 1.60. The van der Waals surface area contributed by atoms with Crippen LogP contribution in [0.2, 0.25) is 0 Å². The largest absolute Gasteiger partial charge is 0.496 e. The van der Waals surface area contributed by atoms with Gasteiger partial charge in [0.2, 0.25) is 0 Å². The number of methoxy groups -OCH3 is 1. The maximum Gasteiger partial charge on any atom is 0.336 e. The van der Waals surface area contributed by atoms with E-state index in [-0.39, 0.29) is 0 Å². The molecule has 0 saturated carbocycles. The molecule has 130 valence electrons. The number of esters is 1. The minimum atomic E-state index is -0.431. The molecule has 0 heterocycles. The van der Waals surface area contributed by atoms with Crippen molar-refractivity contribution in [3.63, 3.8) is 0 Å². The summed E-state index contributed by atoms with van der Waals surface area (Å²) in [6.45, 7) is 2.06. The topological polar surface area (TPSA) is 35.5 Å². The van der Waals surface area contributed by atoms with Crippen molar-refractivity contribution in [3.8, 4) is 22.6 Å². The van der Waals surface area contributed by atoms with Gasteiger partial charge in [-0.3, -0.25) is 0 Å². The third-order valence-electron chi connectivity index (χ3n) is 4.00. The molecule has 0 atom stereocenters. The van der Waals surface area contributed by atoms with E-state index in [0.717, 1.165) is 16.7 Å². The molecule has 0 aliphatic rings. The van der Waals surface area contributed by atoms with Crippen LogP contribution in [0, 0.1) is 6.92 Å². The predicted octanol–water partition coefficient (Wildman–Crippen LogP) is 5.29. The first-order chi connectivity index (χ1) is 12.7. The number of para-hydroxylation sites is 1. The number of rotatable bonds is 5. The van der Waals surface area contributed by atoms with Gasteiger partial charge in [0, 0.05) is 11.6 Å². The van der Waals surface area contributed by atoms with Gasteiger partial charge in [0.25, 0.3) is 0 Å². The lowest BCUT2D eigenvalue weighted by molar-refractivity contribution is -0.128. The Morgan fingerprint density at radius 1 is 0.846 bits per heavy atom. The fraction of sp³-hybridized carbons (Fsp3) is 0.0870. The lowest BCUT2D eigenvalue weighted by Gasteiger charge is -2.05. The third kappa shape index (κ3) is 4.39. The first-order valence-electron chi connectivity index (χ1n) is 8.36. The molecule has 0 aliphatic heterocycles. The van der Waals surface area contributed by atoms with Crippen LogP contribution in [0.15, 0.2) is 78.9 Å². The molecule has 3 heteroatoms. The zero-order chi connectivity index (χ0) is 18.4. The second-order valence-electron chi connectivity index (χ2n) is 5.89. The van der Waals surface area contributed by atoms with Crippen molar-refractivity contribution in [1.82, 2.24) is 0 Å². The van der Waals surface area contributed by atoms with E-state index in [1.807, 2.05) is 36.4 Å². The zero-order valence-corrected chi connectivity index (χ0v) is 14.8. The van der Waals surface area contributed by atoms with Crippen LogP contribution in [0.1, 0.15) is 11.1 Å². The van der Waals surface area contributed by atoms with E-state index in [1.165, 1.54) is 11.6 Å². The summed E-state index contributed by atoms with van der Waals surface area (Å²) >= 11 is 0. The smallest absolute Gasteiger partial charge is 0.336 e. The van der Waals surface area contributed by atoms with Crippen LogP contribution in [0.4, 0.5) is 0 Å². The van der Waals surface area contributed by atoms with Crippen LogP contribution in [-0.4, -0.2) is 13.1 Å². The molecule has 3 nitrogen and oxygen atoms in total. The average molecular weight is 344 g/mol. The van der Waals surface area contributed by atoms with Gasteiger partial charge in [-0.05, 0) is 42.3 Å². The first kappa shape index (κ1) is 17.5. The molecule has 0 aliphatic carbocycles. The molecule has 3 aromatic rings. The normalized spacial score (nSPS) is 10.7. The van der Waals surface area contributed by atoms with Crippen molar-refractivity contribution in [2.75, 3.05) is 7.11 Å².